The maximum absolute atomic E-state index is 11.2. The Morgan fingerprint density at radius 2 is 2.30 bits per heavy atom. The van der Waals surface area contributed by atoms with Crippen molar-refractivity contribution >= 4 is 17.4 Å². The molecule has 0 bridgehead atoms. The average molecular weight is 278 g/mol. The zero-order chi connectivity index (χ0) is 14.7. The molecule has 1 aliphatic rings. The molecular formula is C13H18N4O3. The minimum Gasteiger partial charge on any atom is -0.381 e. The van der Waals surface area contributed by atoms with E-state index in [4.69, 9.17) is 5.73 Å². The molecule has 7 nitrogen and oxygen atoms in total. The maximum atomic E-state index is 11.2. The molecule has 20 heavy (non-hydrogen) atoms. The Labute approximate surface area is 116 Å². The van der Waals surface area contributed by atoms with Crippen LogP contribution in [0, 0.1) is 17.0 Å². The van der Waals surface area contributed by atoms with E-state index in [0.717, 1.165) is 18.5 Å². The standard InChI is InChI=1S/C13H18N4O3/c1-9-7-10(4-5-12(9)17(19)20)15-11-3-2-6-16(8-11)13(14)18/h4-5,7,11,15H,2-3,6,8H2,1H3,(H2,14,18)/t11-/m0/s1. The quantitative estimate of drug-likeness (QED) is 0.650. The predicted molar refractivity (Wildman–Crippen MR) is 75.6 cm³/mol. The zero-order valence-electron chi connectivity index (χ0n) is 11.3. The Hall–Kier alpha value is -2.31. The Morgan fingerprint density at radius 1 is 1.55 bits per heavy atom. The normalized spacial score (nSPS) is 18.6. The fourth-order valence-corrected chi connectivity index (χ4v) is 2.48. The number of carbonyl (C=O) groups is 1. The smallest absolute Gasteiger partial charge is 0.314 e. The lowest BCUT2D eigenvalue weighted by molar-refractivity contribution is -0.385. The van der Waals surface area contributed by atoms with Gasteiger partial charge in [-0.25, -0.2) is 4.79 Å². The lowest BCUT2D eigenvalue weighted by Gasteiger charge is -2.32. The van der Waals surface area contributed by atoms with Gasteiger partial charge in [0.25, 0.3) is 5.69 Å². The van der Waals surface area contributed by atoms with Crippen LogP contribution in [0.15, 0.2) is 18.2 Å². The second-order valence-corrected chi connectivity index (χ2v) is 5.03. The number of urea groups is 1. The molecule has 0 spiro atoms. The summed E-state index contributed by atoms with van der Waals surface area (Å²) < 4.78 is 0. The third kappa shape index (κ3) is 3.17. The molecule has 1 aliphatic heterocycles. The van der Waals surface area contributed by atoms with E-state index in [1.165, 1.54) is 6.07 Å². The molecule has 3 N–H and O–H groups in total. The third-order valence-electron chi connectivity index (χ3n) is 3.50. The highest BCUT2D eigenvalue weighted by Gasteiger charge is 2.22. The molecule has 1 aromatic rings. The van der Waals surface area contributed by atoms with Crippen LogP contribution >= 0.6 is 0 Å². The van der Waals surface area contributed by atoms with Gasteiger partial charge in [0.05, 0.1) is 4.92 Å². The van der Waals surface area contributed by atoms with E-state index >= 15 is 0 Å². The second kappa shape index (κ2) is 5.77. The molecular weight excluding hydrogens is 260 g/mol. The molecule has 0 saturated carbocycles. The predicted octanol–water partition coefficient (Wildman–Crippen LogP) is 1.86. The topological polar surface area (TPSA) is 102 Å². The van der Waals surface area contributed by atoms with Crippen molar-refractivity contribution in [3.8, 4) is 0 Å². The van der Waals surface area contributed by atoms with Crippen LogP contribution in [0.1, 0.15) is 18.4 Å². The summed E-state index contributed by atoms with van der Waals surface area (Å²) in [5, 5.41) is 14.1. The summed E-state index contributed by atoms with van der Waals surface area (Å²) in [4.78, 5) is 23.2. The number of aryl methyl sites for hydroxylation is 1. The largest absolute Gasteiger partial charge is 0.381 e. The lowest BCUT2D eigenvalue weighted by atomic mass is 10.1. The first-order valence-corrected chi connectivity index (χ1v) is 6.53. The van der Waals surface area contributed by atoms with E-state index in [1.54, 1.807) is 24.0 Å². The van der Waals surface area contributed by atoms with Crippen LogP contribution in [0.25, 0.3) is 0 Å². The zero-order valence-corrected chi connectivity index (χ0v) is 11.3. The first-order chi connectivity index (χ1) is 9.47. The fraction of sp³-hybridized carbons (Fsp3) is 0.462. The number of hydrogen-bond donors (Lipinski definition) is 2. The van der Waals surface area contributed by atoms with Crippen molar-refractivity contribution in [1.29, 1.82) is 0 Å². The van der Waals surface area contributed by atoms with Crippen LogP contribution in [0.2, 0.25) is 0 Å². The number of nitrogens with two attached hydrogens (primary N) is 1. The monoisotopic (exact) mass is 278 g/mol. The molecule has 0 unspecified atom stereocenters. The van der Waals surface area contributed by atoms with Crippen LogP contribution in [0.4, 0.5) is 16.2 Å². The number of benzene rings is 1. The number of amides is 2. The fourth-order valence-electron chi connectivity index (χ4n) is 2.48. The third-order valence-corrected chi connectivity index (χ3v) is 3.50. The van der Waals surface area contributed by atoms with Gasteiger partial charge in [-0.2, -0.15) is 0 Å². The molecule has 0 aromatic heterocycles. The van der Waals surface area contributed by atoms with Gasteiger partial charge in [0.1, 0.15) is 0 Å². The summed E-state index contributed by atoms with van der Waals surface area (Å²) in [6, 6.07) is 4.65. The number of nitrogens with one attached hydrogen (secondary N) is 1. The van der Waals surface area contributed by atoms with Gasteiger partial charge < -0.3 is 16.0 Å². The lowest BCUT2D eigenvalue weighted by Crippen LogP contribution is -2.47. The number of nitro groups is 1. The summed E-state index contributed by atoms with van der Waals surface area (Å²) in [5.74, 6) is 0. The molecule has 1 fully saturated rings. The van der Waals surface area contributed by atoms with Crippen LogP contribution in [-0.2, 0) is 0 Å². The molecule has 0 radical (unpaired) electrons. The number of rotatable bonds is 3. The molecule has 1 heterocycles. The number of hydrogen-bond acceptors (Lipinski definition) is 4. The Bertz CT molecular complexity index is 532. The second-order valence-electron chi connectivity index (χ2n) is 5.03. The number of nitrogens with zero attached hydrogens (tertiary/aromatic N) is 2. The minimum absolute atomic E-state index is 0.109. The first-order valence-electron chi connectivity index (χ1n) is 6.53. The first kappa shape index (κ1) is 14.1. The molecule has 0 aliphatic carbocycles. The van der Waals surface area contributed by atoms with Gasteiger partial charge in [0, 0.05) is 36.4 Å². The number of anilines is 1. The van der Waals surface area contributed by atoms with E-state index in [2.05, 4.69) is 5.32 Å². The van der Waals surface area contributed by atoms with Crippen molar-refractivity contribution in [2.75, 3.05) is 18.4 Å². The number of primary amides is 1. The Morgan fingerprint density at radius 3 is 2.90 bits per heavy atom. The van der Waals surface area contributed by atoms with Crippen LogP contribution < -0.4 is 11.1 Å². The highest BCUT2D eigenvalue weighted by atomic mass is 16.6. The number of piperidine rings is 1. The summed E-state index contributed by atoms with van der Waals surface area (Å²) in [6.45, 7) is 2.96. The Balaban J connectivity index is 2.04. The van der Waals surface area contributed by atoms with Gasteiger partial charge in [0.15, 0.2) is 0 Å². The molecule has 1 saturated heterocycles. The van der Waals surface area contributed by atoms with Crippen molar-refractivity contribution < 1.29 is 9.72 Å². The van der Waals surface area contributed by atoms with Gasteiger partial charge in [-0.1, -0.05) is 0 Å². The van der Waals surface area contributed by atoms with Crippen molar-refractivity contribution in [3.63, 3.8) is 0 Å². The van der Waals surface area contributed by atoms with Gasteiger partial charge in [-0.15, -0.1) is 0 Å². The van der Waals surface area contributed by atoms with Gasteiger partial charge in [-0.3, -0.25) is 10.1 Å². The van der Waals surface area contributed by atoms with E-state index in [0.29, 0.717) is 18.7 Å². The molecule has 2 rings (SSSR count). The van der Waals surface area contributed by atoms with Crippen molar-refractivity contribution in [1.82, 2.24) is 4.90 Å². The van der Waals surface area contributed by atoms with Crippen molar-refractivity contribution in [2.45, 2.75) is 25.8 Å². The van der Waals surface area contributed by atoms with E-state index < -0.39 is 11.0 Å². The van der Waals surface area contributed by atoms with Gasteiger partial charge in [0.2, 0.25) is 0 Å². The molecule has 7 heteroatoms. The van der Waals surface area contributed by atoms with E-state index in [-0.39, 0.29) is 11.7 Å². The van der Waals surface area contributed by atoms with Crippen molar-refractivity contribution in [2.24, 2.45) is 5.73 Å². The summed E-state index contributed by atoms with van der Waals surface area (Å²) in [5.41, 5.74) is 6.83. The maximum Gasteiger partial charge on any atom is 0.314 e. The van der Waals surface area contributed by atoms with E-state index in [1.807, 2.05) is 0 Å². The van der Waals surface area contributed by atoms with Gasteiger partial charge in [-0.05, 0) is 31.9 Å². The highest BCUT2D eigenvalue weighted by molar-refractivity contribution is 5.72. The average Bonchev–Trinajstić information content (AvgIpc) is 2.38. The summed E-state index contributed by atoms with van der Waals surface area (Å²) in [6.07, 6.45) is 1.84. The van der Waals surface area contributed by atoms with Crippen LogP contribution in [-0.4, -0.2) is 35.0 Å². The molecule has 2 amide bonds. The Kier molecular flexibility index (Phi) is 4.07. The number of carbonyl (C=O) groups excluding carboxylic acids is 1. The molecule has 108 valence electrons. The molecule has 1 aromatic carbocycles. The van der Waals surface area contributed by atoms with Gasteiger partial charge >= 0.3 is 6.03 Å². The minimum atomic E-state index is -0.406. The SMILES string of the molecule is Cc1cc(N[C@H]2CCCN(C(N)=O)C2)ccc1[N+](=O)[O-]. The van der Waals surface area contributed by atoms with Crippen molar-refractivity contribution in [3.05, 3.63) is 33.9 Å². The van der Waals surface area contributed by atoms with E-state index in [9.17, 15) is 14.9 Å². The summed E-state index contributed by atoms with van der Waals surface area (Å²) in [7, 11) is 0. The number of likely N-dealkylation sites (tertiary alicyclic amines) is 1. The number of nitro benzene ring substituents is 1. The van der Waals surface area contributed by atoms with Crippen LogP contribution in [0.5, 0.6) is 0 Å². The van der Waals surface area contributed by atoms with Crippen LogP contribution in [0.3, 0.4) is 0 Å². The molecule has 1 atom stereocenters. The highest BCUT2D eigenvalue weighted by Crippen LogP contribution is 2.23. The summed E-state index contributed by atoms with van der Waals surface area (Å²) >= 11 is 0.